The predicted molar refractivity (Wildman–Crippen MR) is 29.9 cm³/mol. The first-order valence-corrected chi connectivity index (χ1v) is 4.46. The van der Waals surface area contributed by atoms with Gasteiger partial charge in [0, 0.05) is 0 Å². The SMILES string of the molecule is CCC1OP2(=O)OC1(O)O2. The Morgan fingerprint density at radius 2 is 2.30 bits per heavy atom. The van der Waals surface area contributed by atoms with E-state index in [2.05, 4.69) is 9.05 Å². The van der Waals surface area contributed by atoms with Gasteiger partial charge < -0.3 is 5.11 Å². The molecule has 3 heterocycles. The molecular weight excluding hydrogens is 159 g/mol. The molecule has 2 bridgehead atoms. The zero-order chi connectivity index (χ0) is 7.41. The zero-order valence-electron chi connectivity index (χ0n) is 5.31. The molecule has 1 atom stereocenters. The van der Waals surface area contributed by atoms with Crippen LogP contribution in [0.4, 0.5) is 0 Å². The lowest BCUT2D eigenvalue weighted by molar-refractivity contribution is -0.324. The summed E-state index contributed by atoms with van der Waals surface area (Å²) >= 11 is 0. The van der Waals surface area contributed by atoms with Crippen molar-refractivity contribution < 1.29 is 23.2 Å². The van der Waals surface area contributed by atoms with Gasteiger partial charge in [0.25, 0.3) is 0 Å². The van der Waals surface area contributed by atoms with E-state index in [0.29, 0.717) is 6.42 Å². The summed E-state index contributed by atoms with van der Waals surface area (Å²) < 4.78 is 24.6. The molecule has 3 aliphatic heterocycles. The van der Waals surface area contributed by atoms with Gasteiger partial charge in [0.05, 0.1) is 0 Å². The minimum Gasteiger partial charge on any atom is -0.341 e. The summed E-state index contributed by atoms with van der Waals surface area (Å²) in [5.41, 5.74) is 0. The summed E-state index contributed by atoms with van der Waals surface area (Å²) in [4.78, 5) is 0. The van der Waals surface area contributed by atoms with E-state index in [0.717, 1.165) is 0 Å². The van der Waals surface area contributed by atoms with Crippen LogP contribution in [0.3, 0.4) is 0 Å². The molecule has 0 spiro atoms. The Bertz CT molecular complexity index is 204. The van der Waals surface area contributed by atoms with Crippen LogP contribution in [0.1, 0.15) is 13.3 Å². The minimum absolute atomic E-state index is 0.514. The van der Waals surface area contributed by atoms with Crippen molar-refractivity contribution in [2.75, 3.05) is 0 Å². The standard InChI is InChI=1S/C4H7O5P/c1-2-3-4(5)8-10(6,7-3)9-4/h3,5H,2H2,1H3. The van der Waals surface area contributed by atoms with Gasteiger partial charge >= 0.3 is 13.8 Å². The van der Waals surface area contributed by atoms with Crippen LogP contribution in [-0.4, -0.2) is 17.2 Å². The van der Waals surface area contributed by atoms with Gasteiger partial charge in [-0.25, -0.2) is 13.6 Å². The summed E-state index contributed by atoms with van der Waals surface area (Å²) in [6, 6.07) is 0. The zero-order valence-corrected chi connectivity index (χ0v) is 6.21. The van der Waals surface area contributed by atoms with Crippen molar-refractivity contribution in [3.8, 4) is 0 Å². The largest absolute Gasteiger partial charge is 0.484 e. The molecule has 0 amide bonds. The Hall–Kier alpha value is 0.0700. The Kier molecular flexibility index (Phi) is 1.10. The molecule has 0 saturated carbocycles. The van der Waals surface area contributed by atoms with Crippen LogP contribution >= 0.6 is 7.82 Å². The first-order valence-electron chi connectivity index (χ1n) is 3.00. The smallest absolute Gasteiger partial charge is 0.341 e. The topological polar surface area (TPSA) is 65.0 Å². The van der Waals surface area contributed by atoms with E-state index in [1.54, 1.807) is 6.92 Å². The van der Waals surface area contributed by atoms with Crippen molar-refractivity contribution in [2.24, 2.45) is 0 Å². The van der Waals surface area contributed by atoms with E-state index < -0.39 is 19.9 Å². The maximum Gasteiger partial charge on any atom is 0.484 e. The second-order valence-corrected chi connectivity index (χ2v) is 3.73. The Morgan fingerprint density at radius 3 is 2.50 bits per heavy atom. The lowest BCUT2D eigenvalue weighted by Crippen LogP contribution is -2.43. The van der Waals surface area contributed by atoms with E-state index in [1.165, 1.54) is 0 Å². The van der Waals surface area contributed by atoms with Crippen molar-refractivity contribution in [1.29, 1.82) is 0 Å². The van der Waals surface area contributed by atoms with Gasteiger partial charge in [0.2, 0.25) is 0 Å². The molecule has 3 fully saturated rings. The van der Waals surface area contributed by atoms with Gasteiger partial charge in [-0.3, -0.25) is 4.52 Å². The third-order valence-corrected chi connectivity index (χ3v) is 3.00. The molecule has 1 unspecified atom stereocenters. The highest BCUT2D eigenvalue weighted by Crippen LogP contribution is 2.73. The normalized spacial score (nSPS) is 58.4. The molecule has 0 radical (unpaired) electrons. The van der Waals surface area contributed by atoms with Gasteiger partial charge in [0.15, 0.2) is 6.10 Å². The molecule has 0 aliphatic carbocycles. The molecule has 5 nitrogen and oxygen atoms in total. The molecule has 58 valence electrons. The van der Waals surface area contributed by atoms with Gasteiger partial charge in [0.1, 0.15) is 0 Å². The molecule has 10 heavy (non-hydrogen) atoms. The fourth-order valence-electron chi connectivity index (χ4n) is 1.04. The quantitative estimate of drug-likeness (QED) is 0.577. The summed E-state index contributed by atoms with van der Waals surface area (Å²) in [5.74, 6) is -1.72. The van der Waals surface area contributed by atoms with Crippen molar-refractivity contribution in [1.82, 2.24) is 0 Å². The fourth-order valence-corrected chi connectivity index (χ4v) is 2.61. The maximum absolute atomic E-state index is 10.8. The van der Waals surface area contributed by atoms with Crippen LogP contribution in [-0.2, 0) is 18.1 Å². The van der Waals surface area contributed by atoms with E-state index in [-0.39, 0.29) is 0 Å². The summed E-state index contributed by atoms with van der Waals surface area (Å²) in [6.07, 6.45) is -0.0844. The molecule has 3 saturated heterocycles. The molecule has 3 rings (SSSR count). The average molecular weight is 166 g/mol. The van der Waals surface area contributed by atoms with Crippen LogP contribution in [0.15, 0.2) is 0 Å². The summed E-state index contributed by atoms with van der Waals surface area (Å²) in [7, 11) is -3.29. The minimum atomic E-state index is -3.29. The van der Waals surface area contributed by atoms with Crippen molar-refractivity contribution in [2.45, 2.75) is 25.4 Å². The van der Waals surface area contributed by atoms with Gasteiger partial charge in [-0.15, -0.1) is 0 Å². The average Bonchev–Trinajstić information content (AvgIpc) is 2.13. The molecule has 0 aromatic heterocycles. The summed E-state index contributed by atoms with van der Waals surface area (Å²) in [6.45, 7) is 1.78. The van der Waals surface area contributed by atoms with Gasteiger partial charge in [-0.2, -0.15) is 0 Å². The highest BCUT2D eigenvalue weighted by atomic mass is 31.2. The van der Waals surface area contributed by atoms with Crippen LogP contribution in [0.5, 0.6) is 0 Å². The van der Waals surface area contributed by atoms with Crippen LogP contribution in [0.2, 0.25) is 0 Å². The first kappa shape index (κ1) is 6.76. The molecule has 3 aliphatic rings. The number of rotatable bonds is 1. The molecule has 1 N–H and O–H groups in total. The second-order valence-electron chi connectivity index (χ2n) is 2.26. The lowest BCUT2D eigenvalue weighted by atomic mass is 10.2. The molecule has 6 heteroatoms. The number of hydrogen-bond acceptors (Lipinski definition) is 5. The molecule has 0 aromatic rings. The fraction of sp³-hybridized carbons (Fsp3) is 1.00. The van der Waals surface area contributed by atoms with E-state index >= 15 is 0 Å². The van der Waals surface area contributed by atoms with E-state index in [4.69, 9.17) is 9.63 Å². The van der Waals surface area contributed by atoms with Gasteiger partial charge in [-0.05, 0) is 6.42 Å². The summed E-state index contributed by atoms with van der Waals surface area (Å²) in [5, 5.41) is 9.14. The highest BCUT2D eigenvalue weighted by Gasteiger charge is 2.70. The number of aliphatic hydroxyl groups is 1. The number of phosphoric ester groups is 1. The number of fused-ring (bicyclic) bond motifs is 1. The Morgan fingerprint density at radius 1 is 1.70 bits per heavy atom. The third kappa shape index (κ3) is 0.642. The number of phosphoric acid groups is 1. The maximum atomic E-state index is 10.8. The first-order chi connectivity index (χ1) is 4.58. The third-order valence-electron chi connectivity index (χ3n) is 1.52. The van der Waals surface area contributed by atoms with Crippen molar-refractivity contribution >= 4 is 7.82 Å². The highest BCUT2D eigenvalue weighted by molar-refractivity contribution is 7.50. The molecule has 0 aromatic carbocycles. The second kappa shape index (κ2) is 1.62. The van der Waals surface area contributed by atoms with Crippen LogP contribution in [0.25, 0.3) is 0 Å². The lowest BCUT2D eigenvalue weighted by Gasteiger charge is -2.29. The number of hydrogen-bond donors (Lipinski definition) is 1. The Labute approximate surface area is 57.5 Å². The van der Waals surface area contributed by atoms with E-state index in [1.807, 2.05) is 0 Å². The van der Waals surface area contributed by atoms with Crippen LogP contribution < -0.4 is 0 Å². The van der Waals surface area contributed by atoms with Crippen molar-refractivity contribution in [3.63, 3.8) is 0 Å². The predicted octanol–water partition coefficient (Wildman–Crippen LogP) is 0.596. The van der Waals surface area contributed by atoms with Crippen LogP contribution in [0, 0.1) is 0 Å². The van der Waals surface area contributed by atoms with Gasteiger partial charge in [-0.1, -0.05) is 6.92 Å². The Balaban J connectivity index is 2.24. The molecular formula is C4H7O5P. The van der Waals surface area contributed by atoms with E-state index in [9.17, 15) is 4.57 Å². The monoisotopic (exact) mass is 166 g/mol. The van der Waals surface area contributed by atoms with Crippen molar-refractivity contribution in [3.05, 3.63) is 0 Å².